The molecule has 1 heterocycles. The zero-order valence-electron chi connectivity index (χ0n) is 12.1. The van der Waals surface area contributed by atoms with Crippen LogP contribution in [0.1, 0.15) is 18.4 Å². The molecule has 0 saturated carbocycles. The first-order valence-electron chi connectivity index (χ1n) is 7.29. The zero-order valence-corrected chi connectivity index (χ0v) is 12.1. The molecule has 0 radical (unpaired) electrons. The number of carbonyl (C=O) groups is 1. The molecule has 0 aromatic heterocycles. The van der Waals surface area contributed by atoms with Gasteiger partial charge in [-0.3, -0.25) is 4.79 Å². The average molecular weight is 300 g/mol. The van der Waals surface area contributed by atoms with Gasteiger partial charge in [0.05, 0.1) is 5.41 Å². The minimum Gasteiger partial charge on any atom is -0.481 e. The van der Waals surface area contributed by atoms with E-state index in [4.69, 9.17) is 4.74 Å². The van der Waals surface area contributed by atoms with Crippen molar-refractivity contribution in [1.29, 1.82) is 0 Å². The Morgan fingerprint density at radius 1 is 0.955 bits per heavy atom. The van der Waals surface area contributed by atoms with E-state index < -0.39 is 11.4 Å². The molecule has 22 heavy (non-hydrogen) atoms. The highest BCUT2D eigenvalue weighted by Gasteiger charge is 2.41. The summed E-state index contributed by atoms with van der Waals surface area (Å²) in [4.78, 5) is 11.8. The van der Waals surface area contributed by atoms with Gasteiger partial charge in [-0.15, -0.1) is 0 Å². The third-order valence-electron chi connectivity index (χ3n) is 4.37. The van der Waals surface area contributed by atoms with Gasteiger partial charge in [0.1, 0.15) is 5.82 Å². The van der Waals surface area contributed by atoms with Gasteiger partial charge in [0.25, 0.3) is 0 Å². The maximum atomic E-state index is 13.0. The quantitative estimate of drug-likeness (QED) is 0.941. The fraction of sp³-hybridized carbons (Fsp3) is 0.278. The molecule has 0 spiro atoms. The van der Waals surface area contributed by atoms with E-state index in [0.717, 1.165) is 16.7 Å². The lowest BCUT2D eigenvalue weighted by atomic mass is 9.74. The van der Waals surface area contributed by atoms with E-state index >= 15 is 0 Å². The Balaban J connectivity index is 1.92. The average Bonchev–Trinajstić information content (AvgIpc) is 2.56. The summed E-state index contributed by atoms with van der Waals surface area (Å²) < 4.78 is 18.3. The van der Waals surface area contributed by atoms with E-state index in [1.54, 1.807) is 12.1 Å². The Morgan fingerprint density at radius 3 is 1.95 bits per heavy atom. The molecule has 3 nitrogen and oxygen atoms in total. The normalized spacial score (nSPS) is 17.1. The van der Waals surface area contributed by atoms with Gasteiger partial charge in [0.15, 0.2) is 0 Å². The Hall–Kier alpha value is -2.20. The second-order valence-electron chi connectivity index (χ2n) is 5.58. The molecule has 0 bridgehead atoms. The fourth-order valence-electron chi connectivity index (χ4n) is 2.97. The van der Waals surface area contributed by atoms with Crippen molar-refractivity contribution in [2.75, 3.05) is 13.2 Å². The molecule has 4 heteroatoms. The number of benzene rings is 2. The zero-order chi connectivity index (χ0) is 15.6. The monoisotopic (exact) mass is 300 g/mol. The van der Waals surface area contributed by atoms with Crippen molar-refractivity contribution >= 4 is 5.97 Å². The van der Waals surface area contributed by atoms with E-state index in [9.17, 15) is 14.3 Å². The largest absolute Gasteiger partial charge is 0.481 e. The number of hydrogen-bond acceptors (Lipinski definition) is 2. The molecule has 1 fully saturated rings. The Bertz CT molecular complexity index is 656. The predicted molar refractivity (Wildman–Crippen MR) is 81.2 cm³/mol. The SMILES string of the molecule is O=C(O)C1(c2ccc(-c3ccc(F)cc3)cc2)CCOCC1. The summed E-state index contributed by atoms with van der Waals surface area (Å²) in [7, 11) is 0. The van der Waals surface area contributed by atoms with Gasteiger partial charge in [0, 0.05) is 13.2 Å². The van der Waals surface area contributed by atoms with Crippen LogP contribution in [0.3, 0.4) is 0 Å². The summed E-state index contributed by atoms with van der Waals surface area (Å²) in [6.45, 7) is 0.929. The van der Waals surface area contributed by atoms with Crippen LogP contribution in [0.4, 0.5) is 4.39 Å². The Labute approximate surface area is 128 Å². The minimum atomic E-state index is -0.862. The number of carboxylic acids is 1. The van der Waals surface area contributed by atoms with E-state index in [0.29, 0.717) is 26.1 Å². The molecule has 2 aromatic carbocycles. The van der Waals surface area contributed by atoms with Gasteiger partial charge in [0.2, 0.25) is 0 Å². The van der Waals surface area contributed by atoms with E-state index in [-0.39, 0.29) is 5.82 Å². The number of ether oxygens (including phenoxy) is 1. The third kappa shape index (κ3) is 2.62. The lowest BCUT2D eigenvalue weighted by Gasteiger charge is -2.33. The second-order valence-corrected chi connectivity index (χ2v) is 5.58. The van der Waals surface area contributed by atoms with Gasteiger partial charge in [-0.2, -0.15) is 0 Å². The molecule has 0 amide bonds. The first kappa shape index (κ1) is 14.7. The molecule has 1 aliphatic heterocycles. The molecule has 3 rings (SSSR count). The fourth-order valence-corrected chi connectivity index (χ4v) is 2.97. The lowest BCUT2D eigenvalue weighted by molar-refractivity contribution is -0.147. The van der Waals surface area contributed by atoms with Crippen LogP contribution in [-0.4, -0.2) is 24.3 Å². The molecule has 0 unspecified atom stereocenters. The molecule has 114 valence electrons. The van der Waals surface area contributed by atoms with Crippen LogP contribution in [0.15, 0.2) is 48.5 Å². The first-order valence-corrected chi connectivity index (χ1v) is 7.29. The summed E-state index contributed by atoms with van der Waals surface area (Å²) >= 11 is 0. The van der Waals surface area contributed by atoms with Gasteiger partial charge < -0.3 is 9.84 Å². The van der Waals surface area contributed by atoms with Gasteiger partial charge in [-0.1, -0.05) is 36.4 Å². The molecule has 0 aliphatic carbocycles. The molecular weight excluding hydrogens is 283 g/mol. The summed E-state index contributed by atoms with van der Waals surface area (Å²) in [5, 5.41) is 9.66. The number of halogens is 1. The number of carboxylic acid groups (broad SMARTS) is 1. The van der Waals surface area contributed by atoms with Gasteiger partial charge in [-0.05, 0) is 41.7 Å². The van der Waals surface area contributed by atoms with Crippen LogP contribution in [-0.2, 0) is 14.9 Å². The molecule has 2 aromatic rings. The lowest BCUT2D eigenvalue weighted by Crippen LogP contribution is -2.41. The molecule has 1 saturated heterocycles. The van der Waals surface area contributed by atoms with E-state index in [1.165, 1.54) is 12.1 Å². The number of aliphatic carboxylic acids is 1. The standard InChI is InChI=1S/C18H17FO3/c19-16-7-3-14(4-8-16)13-1-5-15(6-2-13)18(17(20)21)9-11-22-12-10-18/h1-8H,9-12H2,(H,20,21). The summed E-state index contributed by atoms with van der Waals surface area (Å²) in [5.41, 5.74) is 1.79. The molecular formula is C18H17FO3. The second kappa shape index (κ2) is 5.89. The Kier molecular flexibility index (Phi) is 3.94. The van der Waals surface area contributed by atoms with Crippen molar-refractivity contribution in [3.63, 3.8) is 0 Å². The smallest absolute Gasteiger partial charge is 0.314 e. The van der Waals surface area contributed by atoms with E-state index in [2.05, 4.69) is 0 Å². The van der Waals surface area contributed by atoms with Crippen molar-refractivity contribution in [1.82, 2.24) is 0 Å². The van der Waals surface area contributed by atoms with Crippen LogP contribution in [0.25, 0.3) is 11.1 Å². The van der Waals surface area contributed by atoms with Crippen molar-refractivity contribution in [3.8, 4) is 11.1 Å². The highest BCUT2D eigenvalue weighted by atomic mass is 19.1. The van der Waals surface area contributed by atoms with Crippen molar-refractivity contribution in [2.24, 2.45) is 0 Å². The maximum Gasteiger partial charge on any atom is 0.314 e. The first-order chi connectivity index (χ1) is 10.6. The van der Waals surface area contributed by atoms with Crippen LogP contribution < -0.4 is 0 Å². The molecule has 0 atom stereocenters. The van der Waals surface area contributed by atoms with Crippen LogP contribution in [0.5, 0.6) is 0 Å². The summed E-state index contributed by atoms with van der Waals surface area (Å²) in [6.07, 6.45) is 0.969. The molecule has 1 N–H and O–H groups in total. The van der Waals surface area contributed by atoms with Crippen molar-refractivity contribution in [3.05, 3.63) is 59.9 Å². The summed E-state index contributed by atoms with van der Waals surface area (Å²) in [6, 6.07) is 13.8. The highest BCUT2D eigenvalue weighted by Crippen LogP contribution is 2.36. The van der Waals surface area contributed by atoms with Crippen molar-refractivity contribution in [2.45, 2.75) is 18.3 Å². The third-order valence-corrected chi connectivity index (χ3v) is 4.37. The molecule has 1 aliphatic rings. The highest BCUT2D eigenvalue weighted by molar-refractivity contribution is 5.82. The van der Waals surface area contributed by atoms with E-state index in [1.807, 2.05) is 24.3 Å². The number of hydrogen-bond donors (Lipinski definition) is 1. The van der Waals surface area contributed by atoms with Crippen LogP contribution >= 0.6 is 0 Å². The summed E-state index contributed by atoms with van der Waals surface area (Å²) in [5.74, 6) is -1.07. The van der Waals surface area contributed by atoms with Crippen LogP contribution in [0, 0.1) is 5.82 Å². The topological polar surface area (TPSA) is 46.5 Å². The Morgan fingerprint density at radius 2 is 1.45 bits per heavy atom. The number of rotatable bonds is 3. The predicted octanol–water partition coefficient (Wildman–Crippen LogP) is 3.63. The van der Waals surface area contributed by atoms with Crippen LogP contribution in [0.2, 0.25) is 0 Å². The van der Waals surface area contributed by atoms with Gasteiger partial charge in [-0.25, -0.2) is 4.39 Å². The minimum absolute atomic E-state index is 0.271. The van der Waals surface area contributed by atoms with Crippen molar-refractivity contribution < 1.29 is 19.0 Å². The van der Waals surface area contributed by atoms with Gasteiger partial charge >= 0.3 is 5.97 Å². The maximum absolute atomic E-state index is 13.0.